The average Bonchev–Trinajstić information content (AvgIpc) is 1.99. The molecule has 0 aromatic rings. The molecule has 0 saturated heterocycles. The molecule has 1 unspecified atom stereocenters. The van der Waals surface area contributed by atoms with E-state index in [-0.39, 0.29) is 18.1 Å². The number of hydrogen-bond acceptors (Lipinski definition) is 5. The maximum Gasteiger partial charge on any atom is 0.320 e. The number of nitrogens with two attached hydrogens (primary N) is 1. The lowest BCUT2D eigenvalue weighted by Crippen LogP contribution is -2.33. The first-order chi connectivity index (χ1) is 5.07. The van der Waals surface area contributed by atoms with Gasteiger partial charge in [-0.15, -0.1) is 10.1 Å². The summed E-state index contributed by atoms with van der Waals surface area (Å²) in [6, 6.07) is -1.08. The van der Waals surface area contributed by atoms with E-state index in [0.29, 0.717) is 0 Å². The zero-order valence-corrected chi connectivity index (χ0v) is 5.67. The molecule has 7 nitrogen and oxygen atoms in total. The average molecular weight is 163 g/mol. The molecule has 0 aliphatic heterocycles. The molecular weight excluding hydrogens is 154 g/mol. The number of nitrogens with zero attached hydrogens (tertiary/aromatic N) is 2. The molecule has 0 rings (SSSR count). The van der Waals surface area contributed by atoms with Gasteiger partial charge in [-0.3, -0.25) is 10.0 Å². The number of aliphatic carboxylic acids is 1. The maximum atomic E-state index is 10.1. The van der Waals surface area contributed by atoms with E-state index in [9.17, 15) is 9.70 Å². The molecule has 0 amide bonds. The Morgan fingerprint density at radius 2 is 2.27 bits per heavy atom. The van der Waals surface area contributed by atoms with Gasteiger partial charge in [0, 0.05) is 0 Å². The highest BCUT2D eigenvalue weighted by molar-refractivity contribution is 5.72. The SMILES string of the molecule is NC(CCN(O)N=O)C(=O)O. The molecule has 0 aliphatic rings. The zero-order chi connectivity index (χ0) is 8.85. The monoisotopic (exact) mass is 163 g/mol. The van der Waals surface area contributed by atoms with Crippen LogP contribution in [0.2, 0.25) is 0 Å². The second-order valence-corrected chi connectivity index (χ2v) is 1.91. The first-order valence-corrected chi connectivity index (χ1v) is 2.86. The molecule has 0 aromatic heterocycles. The molecule has 1 atom stereocenters. The van der Waals surface area contributed by atoms with Crippen LogP contribution in [0, 0.1) is 4.91 Å². The molecule has 0 fully saturated rings. The molecule has 64 valence electrons. The molecule has 0 aliphatic carbocycles. The summed E-state index contributed by atoms with van der Waals surface area (Å²) in [4.78, 5) is 19.6. The van der Waals surface area contributed by atoms with Crippen LogP contribution in [0.5, 0.6) is 0 Å². The summed E-state index contributed by atoms with van der Waals surface area (Å²) in [5.41, 5.74) is 5.04. The predicted octanol–water partition coefficient (Wildman–Crippen LogP) is -0.839. The van der Waals surface area contributed by atoms with Gasteiger partial charge >= 0.3 is 5.97 Å². The zero-order valence-electron chi connectivity index (χ0n) is 5.67. The van der Waals surface area contributed by atoms with Crippen LogP contribution >= 0.6 is 0 Å². The van der Waals surface area contributed by atoms with E-state index in [1.807, 2.05) is 0 Å². The Kier molecular flexibility index (Phi) is 4.08. The minimum Gasteiger partial charge on any atom is -0.480 e. The predicted molar refractivity (Wildman–Crippen MR) is 34.5 cm³/mol. The van der Waals surface area contributed by atoms with E-state index >= 15 is 0 Å². The summed E-state index contributed by atoms with van der Waals surface area (Å²) >= 11 is 0. The van der Waals surface area contributed by atoms with Gasteiger partial charge in [-0.05, 0) is 6.42 Å². The summed E-state index contributed by atoms with van der Waals surface area (Å²) in [6.07, 6.45) is -0.0302. The van der Waals surface area contributed by atoms with Crippen molar-refractivity contribution >= 4 is 5.97 Å². The van der Waals surface area contributed by atoms with Crippen molar-refractivity contribution in [1.82, 2.24) is 5.17 Å². The number of carboxylic acids is 1. The van der Waals surface area contributed by atoms with Crippen molar-refractivity contribution in [3.63, 3.8) is 0 Å². The molecule has 0 spiro atoms. The first kappa shape index (κ1) is 9.79. The molecule has 0 radical (unpaired) electrons. The fourth-order valence-corrected chi connectivity index (χ4v) is 0.419. The Morgan fingerprint density at radius 3 is 2.64 bits per heavy atom. The van der Waals surface area contributed by atoms with Crippen molar-refractivity contribution in [3.05, 3.63) is 4.91 Å². The number of hydrogen-bond donors (Lipinski definition) is 3. The van der Waals surface area contributed by atoms with Gasteiger partial charge in [0.15, 0.2) is 0 Å². The van der Waals surface area contributed by atoms with Crippen LogP contribution in [0.3, 0.4) is 0 Å². The summed E-state index contributed by atoms with van der Waals surface area (Å²) < 4.78 is 0. The minimum absolute atomic E-state index is 0.0302. The van der Waals surface area contributed by atoms with Crippen LogP contribution < -0.4 is 5.73 Å². The molecule has 0 aromatic carbocycles. The summed E-state index contributed by atoms with van der Waals surface area (Å²) in [5, 5.41) is 18.8. The van der Waals surface area contributed by atoms with Gasteiger partial charge in [0.1, 0.15) is 6.04 Å². The Bertz CT molecular complexity index is 150. The maximum absolute atomic E-state index is 10.1. The van der Waals surface area contributed by atoms with E-state index in [2.05, 4.69) is 5.29 Å². The summed E-state index contributed by atoms with van der Waals surface area (Å²) in [5.74, 6) is -1.18. The number of carboxylic acid groups (broad SMARTS) is 1. The van der Waals surface area contributed by atoms with Crippen molar-refractivity contribution in [2.75, 3.05) is 6.54 Å². The minimum atomic E-state index is -1.18. The number of hydroxylamine groups is 1. The first-order valence-electron chi connectivity index (χ1n) is 2.86. The second kappa shape index (κ2) is 4.58. The highest BCUT2D eigenvalue weighted by Gasteiger charge is 2.12. The van der Waals surface area contributed by atoms with Gasteiger partial charge in [-0.1, -0.05) is 0 Å². The normalized spacial score (nSPS) is 12.2. The second-order valence-electron chi connectivity index (χ2n) is 1.91. The number of nitroso groups, excluding NO2 is 1. The van der Waals surface area contributed by atoms with Gasteiger partial charge in [0.25, 0.3) is 0 Å². The van der Waals surface area contributed by atoms with Gasteiger partial charge < -0.3 is 10.8 Å². The Hall–Kier alpha value is -1.21. The Balaban J connectivity index is 3.53. The van der Waals surface area contributed by atoms with Gasteiger partial charge in [0.05, 0.1) is 11.8 Å². The van der Waals surface area contributed by atoms with E-state index in [4.69, 9.17) is 16.0 Å². The van der Waals surface area contributed by atoms with E-state index in [0.717, 1.165) is 0 Å². The highest BCUT2D eigenvalue weighted by Crippen LogP contribution is 1.91. The van der Waals surface area contributed by atoms with Crippen LogP contribution in [0.25, 0.3) is 0 Å². The van der Waals surface area contributed by atoms with Crippen LogP contribution in [-0.2, 0) is 4.79 Å². The third-order valence-corrected chi connectivity index (χ3v) is 1.05. The molecule has 0 heterocycles. The van der Waals surface area contributed by atoms with Crippen molar-refractivity contribution in [3.8, 4) is 0 Å². The molecule has 0 bridgehead atoms. The quantitative estimate of drug-likeness (QED) is 0.359. The van der Waals surface area contributed by atoms with Crippen LogP contribution in [0.4, 0.5) is 0 Å². The third kappa shape index (κ3) is 4.23. The smallest absolute Gasteiger partial charge is 0.320 e. The third-order valence-electron chi connectivity index (χ3n) is 1.05. The fraction of sp³-hybridized carbons (Fsp3) is 0.750. The lowest BCUT2D eigenvalue weighted by Gasteiger charge is -2.08. The summed E-state index contributed by atoms with van der Waals surface area (Å²) in [6.45, 7) is -0.184. The Labute approximate surface area is 62.3 Å². The van der Waals surface area contributed by atoms with E-state index in [1.165, 1.54) is 0 Å². The molecule has 4 N–H and O–H groups in total. The van der Waals surface area contributed by atoms with Crippen LogP contribution in [-0.4, -0.2) is 34.0 Å². The van der Waals surface area contributed by atoms with Gasteiger partial charge in [0.2, 0.25) is 0 Å². The standard InChI is InChI=1S/C4H9N3O4/c5-3(4(8)9)1-2-7(11)6-10/h3,11H,1-2,5H2,(H,8,9). The van der Waals surface area contributed by atoms with Crippen molar-refractivity contribution in [1.29, 1.82) is 0 Å². The molecular formula is C4H9N3O4. The lowest BCUT2D eigenvalue weighted by atomic mass is 10.2. The molecule has 7 heteroatoms. The number of carbonyl (C=O) groups is 1. The number of rotatable bonds is 5. The molecule has 11 heavy (non-hydrogen) atoms. The van der Waals surface area contributed by atoms with Crippen molar-refractivity contribution in [2.45, 2.75) is 12.5 Å². The fourth-order valence-electron chi connectivity index (χ4n) is 0.419. The van der Waals surface area contributed by atoms with Crippen molar-refractivity contribution < 1.29 is 15.1 Å². The van der Waals surface area contributed by atoms with E-state index in [1.54, 1.807) is 0 Å². The topological polar surface area (TPSA) is 116 Å². The highest BCUT2D eigenvalue weighted by atomic mass is 16.6. The van der Waals surface area contributed by atoms with Crippen molar-refractivity contribution in [2.24, 2.45) is 11.0 Å². The largest absolute Gasteiger partial charge is 0.480 e. The summed E-state index contributed by atoms with van der Waals surface area (Å²) in [7, 11) is 0. The lowest BCUT2D eigenvalue weighted by molar-refractivity contribution is -0.139. The van der Waals surface area contributed by atoms with Crippen LogP contribution in [0.15, 0.2) is 5.29 Å². The Morgan fingerprint density at radius 1 is 1.73 bits per heavy atom. The van der Waals surface area contributed by atoms with Gasteiger partial charge in [-0.25, -0.2) is 0 Å². The van der Waals surface area contributed by atoms with Gasteiger partial charge in [-0.2, -0.15) is 0 Å². The van der Waals surface area contributed by atoms with E-state index < -0.39 is 12.0 Å². The molecule has 0 saturated carbocycles. The van der Waals surface area contributed by atoms with Crippen LogP contribution in [0.1, 0.15) is 6.42 Å².